The van der Waals surface area contributed by atoms with E-state index in [2.05, 4.69) is 0 Å². The highest BCUT2D eigenvalue weighted by atomic mass is 19.1. The van der Waals surface area contributed by atoms with Gasteiger partial charge in [0.25, 0.3) is 0 Å². The van der Waals surface area contributed by atoms with E-state index in [4.69, 9.17) is 15.5 Å². The van der Waals surface area contributed by atoms with E-state index in [1.165, 1.54) is 12.1 Å². The van der Waals surface area contributed by atoms with Crippen molar-refractivity contribution in [2.75, 3.05) is 0 Å². The number of carbonyl (C=O) groups excluding carboxylic acids is 1. The van der Waals surface area contributed by atoms with E-state index < -0.39 is 11.9 Å². The summed E-state index contributed by atoms with van der Waals surface area (Å²) in [5.74, 6) is 4.31. The number of phenolic OH excluding ortho intramolecular Hbond substituents is 1. The van der Waals surface area contributed by atoms with Crippen molar-refractivity contribution in [3.63, 3.8) is 0 Å². The van der Waals surface area contributed by atoms with Crippen molar-refractivity contribution >= 4 is 5.97 Å². The van der Waals surface area contributed by atoms with Crippen molar-refractivity contribution in [2.24, 2.45) is 17.7 Å². The Labute approximate surface area is 142 Å². The first-order chi connectivity index (χ1) is 11.2. The van der Waals surface area contributed by atoms with Crippen LogP contribution in [0.3, 0.4) is 0 Å². The monoisotopic (exact) mass is 341 g/mol. The smallest absolute Gasteiger partial charge is 0.308 e. The second kappa shape index (κ2) is 9.59. The number of nitrogens with two attached hydrogens (primary N) is 1. The van der Waals surface area contributed by atoms with Crippen LogP contribution in [-0.4, -0.2) is 23.3 Å². The summed E-state index contributed by atoms with van der Waals surface area (Å²) < 4.78 is 18.8. The molecule has 1 rings (SSSR count). The highest BCUT2D eigenvalue weighted by Crippen LogP contribution is 2.20. The number of aromatic hydroxyl groups is 1. The number of phenols is 1. The van der Waals surface area contributed by atoms with E-state index in [0.717, 1.165) is 0 Å². The van der Waals surface area contributed by atoms with Gasteiger partial charge in [0.1, 0.15) is 6.10 Å². The first-order valence-corrected chi connectivity index (χ1v) is 8.27. The Kier molecular flexibility index (Phi) is 8.15. The van der Waals surface area contributed by atoms with Gasteiger partial charge in [-0.15, -0.1) is 0 Å². The quantitative estimate of drug-likeness (QED) is 0.532. The molecule has 3 N–H and O–H groups in total. The van der Waals surface area contributed by atoms with Gasteiger partial charge in [-0.25, -0.2) is 10.3 Å². The number of benzene rings is 1. The van der Waals surface area contributed by atoms with Gasteiger partial charge >= 0.3 is 5.97 Å². The van der Waals surface area contributed by atoms with Gasteiger partial charge in [0.2, 0.25) is 0 Å². The normalized spacial score (nSPS) is 12.9. The summed E-state index contributed by atoms with van der Waals surface area (Å²) in [4.78, 5) is 16.9. The Balaban J connectivity index is 2.54. The van der Waals surface area contributed by atoms with Crippen LogP contribution >= 0.6 is 0 Å². The Morgan fingerprint density at radius 2 is 1.88 bits per heavy atom. The van der Waals surface area contributed by atoms with Crippen LogP contribution in [0.4, 0.5) is 4.39 Å². The fourth-order valence-corrected chi connectivity index (χ4v) is 2.68. The molecular weight excluding hydrogens is 313 g/mol. The summed E-state index contributed by atoms with van der Waals surface area (Å²) >= 11 is 0. The molecule has 0 saturated heterocycles. The molecule has 0 amide bonds. The van der Waals surface area contributed by atoms with Crippen molar-refractivity contribution in [1.82, 2.24) is 0 Å². The zero-order valence-corrected chi connectivity index (χ0v) is 14.8. The number of ether oxygens (including phenoxy) is 1. The summed E-state index contributed by atoms with van der Waals surface area (Å²) in [7, 11) is 0. The molecule has 0 spiro atoms. The van der Waals surface area contributed by atoms with Gasteiger partial charge in [0.05, 0.1) is 12.5 Å². The van der Waals surface area contributed by atoms with E-state index in [1.54, 1.807) is 6.07 Å². The van der Waals surface area contributed by atoms with Gasteiger partial charge in [0, 0.05) is 0 Å². The summed E-state index contributed by atoms with van der Waals surface area (Å²) in [6, 6.07) is 4.18. The minimum absolute atomic E-state index is 0.0486. The van der Waals surface area contributed by atoms with Crippen molar-refractivity contribution in [3.05, 3.63) is 29.6 Å². The van der Waals surface area contributed by atoms with Crippen LogP contribution < -0.4 is 5.90 Å². The summed E-state index contributed by atoms with van der Waals surface area (Å²) in [6.07, 6.45) is 0.317. The lowest BCUT2D eigenvalue weighted by molar-refractivity contribution is -0.157. The van der Waals surface area contributed by atoms with Crippen LogP contribution in [0.15, 0.2) is 18.2 Å². The number of carbonyl (C=O) groups is 1. The van der Waals surface area contributed by atoms with Crippen molar-refractivity contribution in [3.8, 4) is 5.75 Å². The maximum atomic E-state index is 13.3. The zero-order valence-electron chi connectivity index (χ0n) is 14.8. The molecule has 24 heavy (non-hydrogen) atoms. The first kappa shape index (κ1) is 20.4. The first-order valence-electron chi connectivity index (χ1n) is 8.27. The highest BCUT2D eigenvalue weighted by molar-refractivity contribution is 5.70. The maximum absolute atomic E-state index is 13.3. The lowest BCUT2D eigenvalue weighted by Crippen LogP contribution is -2.31. The molecule has 136 valence electrons. The molecule has 0 saturated carbocycles. The van der Waals surface area contributed by atoms with Crippen LogP contribution in [0.5, 0.6) is 5.75 Å². The minimum Gasteiger partial charge on any atom is -0.505 e. The Morgan fingerprint density at radius 3 is 2.38 bits per heavy atom. The SMILES string of the molecule is CC(C)C(OC(=O)CC(CCc1ccc(O)c(F)c1)ON)C(C)C. The fourth-order valence-electron chi connectivity index (χ4n) is 2.68. The van der Waals surface area contributed by atoms with E-state index in [9.17, 15) is 14.3 Å². The van der Waals surface area contributed by atoms with Crippen LogP contribution in [0, 0.1) is 17.7 Å². The Morgan fingerprint density at radius 1 is 1.25 bits per heavy atom. The topological polar surface area (TPSA) is 81.8 Å². The van der Waals surface area contributed by atoms with Gasteiger partial charge in [0.15, 0.2) is 11.6 Å². The predicted molar refractivity (Wildman–Crippen MR) is 89.6 cm³/mol. The molecule has 0 bridgehead atoms. The third-order valence-electron chi connectivity index (χ3n) is 3.94. The van der Waals surface area contributed by atoms with Gasteiger partial charge in [-0.1, -0.05) is 33.8 Å². The molecule has 0 aliphatic carbocycles. The van der Waals surface area contributed by atoms with Gasteiger partial charge < -0.3 is 14.7 Å². The van der Waals surface area contributed by atoms with Gasteiger partial charge in [-0.05, 0) is 42.4 Å². The number of hydrogen-bond donors (Lipinski definition) is 2. The average molecular weight is 341 g/mol. The lowest BCUT2D eigenvalue weighted by atomic mass is 9.96. The molecule has 1 aromatic carbocycles. The second-order valence-corrected chi connectivity index (χ2v) is 6.73. The third-order valence-corrected chi connectivity index (χ3v) is 3.94. The van der Waals surface area contributed by atoms with Crippen LogP contribution in [0.2, 0.25) is 0 Å². The fraction of sp³-hybridized carbons (Fsp3) is 0.611. The van der Waals surface area contributed by atoms with Crippen molar-refractivity contribution in [1.29, 1.82) is 0 Å². The predicted octanol–water partition coefficient (Wildman–Crippen LogP) is 3.34. The molecule has 5 nitrogen and oxygen atoms in total. The average Bonchev–Trinajstić information content (AvgIpc) is 2.51. The standard InChI is InChI=1S/C18H28FNO4/c1-11(2)18(12(3)4)23-17(22)10-14(24-20)7-5-13-6-8-16(21)15(19)9-13/h6,8-9,11-12,14,18,21H,5,7,10,20H2,1-4H3. The molecule has 1 unspecified atom stereocenters. The summed E-state index contributed by atoms with van der Waals surface area (Å²) in [5, 5.41) is 9.18. The number of hydrogen-bond acceptors (Lipinski definition) is 5. The molecule has 0 aromatic heterocycles. The van der Waals surface area contributed by atoms with Crippen LogP contribution in [0.1, 0.15) is 46.1 Å². The molecule has 6 heteroatoms. The zero-order chi connectivity index (χ0) is 18.3. The minimum atomic E-state index is -0.672. The number of aryl methyl sites for hydroxylation is 1. The molecule has 1 atom stereocenters. The molecule has 1 aromatic rings. The number of rotatable bonds is 9. The Hall–Kier alpha value is -1.66. The Bertz CT molecular complexity index is 526. The van der Waals surface area contributed by atoms with Crippen LogP contribution in [-0.2, 0) is 20.8 Å². The van der Waals surface area contributed by atoms with Gasteiger partial charge in [-0.3, -0.25) is 4.79 Å². The van der Waals surface area contributed by atoms with E-state index in [0.29, 0.717) is 18.4 Å². The maximum Gasteiger partial charge on any atom is 0.308 e. The molecular formula is C18H28FNO4. The van der Waals surface area contributed by atoms with E-state index in [1.807, 2.05) is 27.7 Å². The van der Waals surface area contributed by atoms with Crippen LogP contribution in [0.25, 0.3) is 0 Å². The summed E-state index contributed by atoms with van der Waals surface area (Å²) in [5.41, 5.74) is 0.697. The van der Waals surface area contributed by atoms with Gasteiger partial charge in [-0.2, -0.15) is 0 Å². The number of esters is 1. The lowest BCUT2D eigenvalue weighted by Gasteiger charge is -2.25. The second-order valence-electron chi connectivity index (χ2n) is 6.73. The highest BCUT2D eigenvalue weighted by Gasteiger charge is 2.24. The van der Waals surface area contributed by atoms with E-state index >= 15 is 0 Å². The molecule has 0 aliphatic heterocycles. The third kappa shape index (κ3) is 6.45. The largest absolute Gasteiger partial charge is 0.505 e. The summed E-state index contributed by atoms with van der Waals surface area (Å²) in [6.45, 7) is 8.03. The van der Waals surface area contributed by atoms with E-state index in [-0.39, 0.29) is 36.1 Å². The molecule has 0 aliphatic rings. The van der Waals surface area contributed by atoms with Crippen molar-refractivity contribution < 1.29 is 23.9 Å². The molecule has 0 fully saturated rings. The molecule has 0 radical (unpaired) electrons. The van der Waals surface area contributed by atoms with Crippen molar-refractivity contribution in [2.45, 2.75) is 59.2 Å². The number of halogens is 1. The molecule has 0 heterocycles.